The van der Waals surface area contributed by atoms with E-state index in [0.29, 0.717) is 0 Å². The first-order valence-corrected chi connectivity index (χ1v) is 30.5. The van der Waals surface area contributed by atoms with Crippen LogP contribution in [0.3, 0.4) is 0 Å². The molecule has 0 aliphatic heterocycles. The topological polar surface area (TPSA) is 72.7 Å². The summed E-state index contributed by atoms with van der Waals surface area (Å²) in [5, 5.41) is 1.22. The van der Waals surface area contributed by atoms with Gasteiger partial charge in [0, 0.05) is 123 Å². The minimum atomic E-state index is 0.109. The number of hydrogen-bond acceptors (Lipinski definition) is 9. The predicted molar refractivity (Wildman–Crippen MR) is 378 cm³/mol. The summed E-state index contributed by atoms with van der Waals surface area (Å²) in [4.78, 5) is 27.4. The van der Waals surface area contributed by atoms with Crippen LogP contribution in [-0.4, -0.2) is 87.9 Å². The average molecular weight is 1130 g/mol. The zero-order chi connectivity index (χ0) is 64.1. The van der Waals surface area contributed by atoms with Crippen molar-refractivity contribution in [2.24, 2.45) is 7.05 Å². The maximum atomic E-state index is 4.49. The van der Waals surface area contributed by atoms with Gasteiger partial charge in [0.2, 0.25) is 0 Å². The molecule has 0 fully saturated rings. The molecule has 5 heterocycles. The molecule has 83 heavy (non-hydrogen) atoms. The number of hydrogen-bond donors (Lipinski definition) is 0. The summed E-state index contributed by atoms with van der Waals surface area (Å²) in [7, 11) is 20.4. The van der Waals surface area contributed by atoms with Gasteiger partial charge in [0.05, 0.1) is 16.6 Å². The molecular weight excluding hydrogens is 1020 g/mol. The van der Waals surface area contributed by atoms with Crippen LogP contribution in [0.25, 0.3) is 33.1 Å². The minimum absolute atomic E-state index is 0.109. The predicted octanol–water partition coefficient (Wildman–Crippen LogP) is 20.2. The van der Waals surface area contributed by atoms with E-state index in [4.69, 9.17) is 0 Å². The van der Waals surface area contributed by atoms with Gasteiger partial charge in [0.25, 0.3) is 0 Å². The Bertz CT molecular complexity index is 2830. The lowest BCUT2D eigenvalue weighted by Crippen LogP contribution is -2.16. The summed E-state index contributed by atoms with van der Waals surface area (Å²) in [5.41, 5.74) is 13.0. The first-order valence-electron chi connectivity index (χ1n) is 30.5. The lowest BCUT2D eigenvalue weighted by Gasteiger charge is -2.23. The van der Waals surface area contributed by atoms with E-state index in [2.05, 4.69) is 167 Å². The van der Waals surface area contributed by atoms with Gasteiger partial charge in [-0.15, -0.1) is 0 Å². The number of pyridine rings is 4. The largest absolute Gasteiger partial charge is 0.378 e. The Balaban J connectivity index is -0.000000924. The molecule has 0 N–H and O–H groups in total. The third-order valence-electron chi connectivity index (χ3n) is 11.7. The van der Waals surface area contributed by atoms with Gasteiger partial charge in [-0.2, -0.15) is 0 Å². The summed E-state index contributed by atoms with van der Waals surface area (Å²) < 4.78 is 2.19. The van der Waals surface area contributed by atoms with Crippen molar-refractivity contribution in [3.63, 3.8) is 0 Å². The third-order valence-corrected chi connectivity index (χ3v) is 11.7. The lowest BCUT2D eigenvalue weighted by molar-refractivity contribution is 0.660. The van der Waals surface area contributed by atoms with E-state index in [9.17, 15) is 0 Å². The molecule has 0 saturated carbocycles. The monoisotopic (exact) mass is 1130 g/mol. The first kappa shape index (κ1) is 79.5. The number of aryl methyl sites for hydroxylation is 1. The number of para-hydroxylation sites is 1. The fourth-order valence-corrected chi connectivity index (χ4v) is 7.83. The van der Waals surface area contributed by atoms with Crippen molar-refractivity contribution in [1.82, 2.24) is 24.5 Å². The molecule has 10 rings (SSSR count). The SMILES string of the molecule is CC.CC.CC.CC.CC.CC.CC.CC.CN(C)c1ccc2c(c1)C(C)(C)c1ccccc1-2.CN(C)c1ccc2c(c1)c1ncccc1n2C.CN(C)c1ccccc1.CN(C)c1ccccn1.CN(c1ccccn1)c1ccccn1. The van der Waals surface area contributed by atoms with Crippen molar-refractivity contribution >= 4 is 56.5 Å². The number of rotatable bonds is 6. The molecule has 0 spiro atoms. The molecule has 9 aromatic rings. The number of aromatic nitrogens is 5. The Morgan fingerprint density at radius 2 is 0.723 bits per heavy atom. The second-order valence-electron chi connectivity index (χ2n) is 17.6. The summed E-state index contributed by atoms with van der Waals surface area (Å²) in [6.07, 6.45) is 7.18. The normalized spacial score (nSPS) is 9.78. The molecule has 0 saturated heterocycles. The highest BCUT2D eigenvalue weighted by atomic mass is 15.2. The molecule has 0 unspecified atom stereocenters. The van der Waals surface area contributed by atoms with Crippen LogP contribution in [0.2, 0.25) is 0 Å². The maximum absolute atomic E-state index is 4.49. The molecule has 0 bridgehead atoms. The third kappa shape index (κ3) is 25.1. The Labute approximate surface area is 508 Å². The van der Waals surface area contributed by atoms with Crippen LogP contribution >= 0.6 is 0 Å². The Kier molecular flexibility index (Phi) is 44.9. The Morgan fingerprint density at radius 1 is 0.325 bits per heavy atom. The van der Waals surface area contributed by atoms with E-state index < -0.39 is 0 Å². The van der Waals surface area contributed by atoms with Gasteiger partial charge in [-0.3, -0.25) is 4.98 Å². The first-order chi connectivity index (χ1) is 40.2. The van der Waals surface area contributed by atoms with Crippen molar-refractivity contribution < 1.29 is 0 Å². The van der Waals surface area contributed by atoms with Crippen LogP contribution in [0.4, 0.5) is 34.5 Å². The van der Waals surface area contributed by atoms with Crippen molar-refractivity contribution in [2.45, 2.75) is 130 Å². The molecule has 0 radical (unpaired) electrons. The summed E-state index contributed by atoms with van der Waals surface area (Å²) in [6.45, 7) is 36.6. The molecule has 10 heteroatoms. The van der Waals surface area contributed by atoms with E-state index in [0.717, 1.165) is 23.0 Å². The fourth-order valence-electron chi connectivity index (χ4n) is 7.83. The lowest BCUT2D eigenvalue weighted by atomic mass is 9.82. The van der Waals surface area contributed by atoms with Gasteiger partial charge in [-0.05, 0) is 113 Å². The quantitative estimate of drug-likeness (QED) is 0.162. The van der Waals surface area contributed by atoms with Gasteiger partial charge >= 0.3 is 0 Å². The van der Waals surface area contributed by atoms with Crippen LogP contribution in [0.1, 0.15) is 136 Å². The van der Waals surface area contributed by atoms with E-state index >= 15 is 0 Å². The van der Waals surface area contributed by atoms with Crippen LogP contribution in [0.5, 0.6) is 0 Å². The van der Waals surface area contributed by atoms with Crippen LogP contribution in [0, 0.1) is 0 Å². The molecule has 1 aliphatic rings. The Morgan fingerprint density at radius 3 is 1.14 bits per heavy atom. The highest BCUT2D eigenvalue weighted by Gasteiger charge is 2.35. The Hall–Kier alpha value is -7.72. The molecule has 1 aliphatic carbocycles. The zero-order valence-corrected chi connectivity index (χ0v) is 57.3. The molecule has 10 nitrogen and oxygen atoms in total. The van der Waals surface area contributed by atoms with Crippen molar-refractivity contribution in [1.29, 1.82) is 0 Å². The summed E-state index contributed by atoms with van der Waals surface area (Å²) >= 11 is 0. The smallest absolute Gasteiger partial charge is 0.133 e. The molecular formula is C73H114N10. The summed E-state index contributed by atoms with van der Waals surface area (Å²) in [6, 6.07) is 53.9. The van der Waals surface area contributed by atoms with Gasteiger partial charge in [0.1, 0.15) is 17.5 Å². The fraction of sp³-hybridized carbons (Fsp3) is 0.397. The van der Waals surface area contributed by atoms with Crippen LogP contribution in [0.15, 0.2) is 183 Å². The number of fused-ring (bicyclic) bond motifs is 6. The van der Waals surface area contributed by atoms with Crippen molar-refractivity contribution in [2.75, 3.05) is 87.9 Å². The highest BCUT2D eigenvalue weighted by Crippen LogP contribution is 2.49. The van der Waals surface area contributed by atoms with Crippen LogP contribution in [-0.2, 0) is 12.5 Å². The van der Waals surface area contributed by atoms with Gasteiger partial charge in [-0.1, -0.05) is 191 Å². The van der Waals surface area contributed by atoms with E-state index in [1.807, 2.05) is 241 Å². The van der Waals surface area contributed by atoms with Gasteiger partial charge in [-0.25, -0.2) is 15.0 Å². The van der Waals surface area contributed by atoms with Crippen LogP contribution < -0.4 is 24.5 Å². The average Bonchev–Trinajstić information content (AvgIpc) is 3.41. The highest BCUT2D eigenvalue weighted by molar-refractivity contribution is 6.06. The second-order valence-corrected chi connectivity index (χ2v) is 17.6. The second kappa shape index (κ2) is 46.8. The van der Waals surface area contributed by atoms with Gasteiger partial charge in [0.15, 0.2) is 0 Å². The van der Waals surface area contributed by atoms with Gasteiger partial charge < -0.3 is 29.1 Å². The van der Waals surface area contributed by atoms with E-state index in [-0.39, 0.29) is 5.41 Å². The van der Waals surface area contributed by atoms with E-state index in [1.54, 1.807) is 18.6 Å². The van der Waals surface area contributed by atoms with Crippen molar-refractivity contribution in [3.05, 3.63) is 194 Å². The maximum Gasteiger partial charge on any atom is 0.133 e. The molecule has 5 aromatic heterocycles. The molecule has 0 atom stereocenters. The molecule has 4 aromatic carbocycles. The zero-order valence-electron chi connectivity index (χ0n) is 57.3. The number of nitrogens with zero attached hydrogens (tertiary/aromatic N) is 10. The number of benzene rings is 4. The molecule has 0 amide bonds. The minimum Gasteiger partial charge on any atom is -0.378 e. The molecule has 456 valence electrons. The van der Waals surface area contributed by atoms with Crippen molar-refractivity contribution in [3.8, 4) is 11.1 Å². The summed E-state index contributed by atoms with van der Waals surface area (Å²) in [5.74, 6) is 2.79. The standard InChI is InChI=1S/C17H19N.C14H15N3.C11H11N3.C8H11N.C7H10N2.8C2H6/c1-17(2)15-8-6-5-7-13(15)14-10-9-12(18(3)4)11-16(14)17;1-16(2)10-6-7-12-11(9-10)14-13(17(12)3)5-4-8-15-14;1-14(10-6-2-4-8-12-10)11-7-3-5-9-13-11;1-9(2)8-6-4-3-5-7-8;1-9(2)7-5-3-4-6-8-7;8*1-2/h5-11H,1-4H3;4-9H,1-3H3;2-9H,1H3;3-7H,1-2H3;3-6H,1-2H3;8*1-2H3. The van der Waals surface area contributed by atoms with E-state index in [1.165, 1.54) is 55.7 Å². The number of anilines is 6.